The molecule has 0 fully saturated rings. The lowest BCUT2D eigenvalue weighted by Gasteiger charge is -2.30. The van der Waals surface area contributed by atoms with Crippen molar-refractivity contribution in [1.29, 1.82) is 0 Å². The predicted octanol–water partition coefficient (Wildman–Crippen LogP) is 1.83. The molecule has 0 bridgehead atoms. The first-order valence-electron chi connectivity index (χ1n) is 6.09. The molecule has 1 rings (SSSR count). The number of allylic oxidation sites excluding steroid dienone is 2. The molecule has 2 atom stereocenters. The Morgan fingerprint density at radius 1 is 1.50 bits per heavy atom. The summed E-state index contributed by atoms with van der Waals surface area (Å²) in [5, 5.41) is 3.32. The fourth-order valence-corrected chi connectivity index (χ4v) is 2.16. The van der Waals surface area contributed by atoms with Crippen molar-refractivity contribution in [3.8, 4) is 0 Å². The van der Waals surface area contributed by atoms with Crippen molar-refractivity contribution in [3.63, 3.8) is 0 Å². The highest BCUT2D eigenvalue weighted by atomic mass is 16.1. The number of primary amides is 1. The molecule has 92 valence electrons. The molecule has 3 N–H and O–H groups in total. The van der Waals surface area contributed by atoms with Crippen molar-refractivity contribution < 1.29 is 4.79 Å². The van der Waals surface area contributed by atoms with Crippen LogP contribution < -0.4 is 11.1 Å². The minimum absolute atomic E-state index is 0.115. The Balaban J connectivity index is 2.44. The number of carbonyl (C=O) groups is 1. The molecule has 16 heavy (non-hydrogen) atoms. The average molecular weight is 224 g/mol. The molecule has 0 saturated heterocycles. The topological polar surface area (TPSA) is 55.1 Å². The summed E-state index contributed by atoms with van der Waals surface area (Å²) in [7, 11) is 0. The largest absolute Gasteiger partial charge is 0.368 e. The molecule has 0 saturated carbocycles. The van der Waals surface area contributed by atoms with Crippen molar-refractivity contribution in [2.45, 2.75) is 46.1 Å². The number of amides is 1. The third kappa shape index (κ3) is 3.97. The van der Waals surface area contributed by atoms with Crippen LogP contribution in [0.15, 0.2) is 12.2 Å². The number of nitrogens with one attached hydrogen (secondary N) is 1. The Morgan fingerprint density at radius 3 is 2.62 bits per heavy atom. The highest BCUT2D eigenvalue weighted by Crippen LogP contribution is 2.21. The van der Waals surface area contributed by atoms with Crippen molar-refractivity contribution in [2.24, 2.45) is 17.1 Å². The molecular formula is C13H24N2O. The Hall–Kier alpha value is -0.830. The van der Waals surface area contributed by atoms with Crippen LogP contribution in [0.3, 0.4) is 0 Å². The van der Waals surface area contributed by atoms with Crippen molar-refractivity contribution in [2.75, 3.05) is 6.54 Å². The van der Waals surface area contributed by atoms with Gasteiger partial charge in [-0.2, -0.15) is 0 Å². The van der Waals surface area contributed by atoms with Gasteiger partial charge in [0.1, 0.15) is 0 Å². The maximum atomic E-state index is 11.4. The quantitative estimate of drug-likeness (QED) is 0.716. The van der Waals surface area contributed by atoms with E-state index in [0.717, 1.165) is 19.4 Å². The van der Waals surface area contributed by atoms with E-state index >= 15 is 0 Å². The Morgan fingerprint density at radius 2 is 2.19 bits per heavy atom. The smallest absolute Gasteiger partial charge is 0.235 e. The number of nitrogens with two attached hydrogens (primary N) is 1. The number of carbonyl (C=O) groups excluding carboxylic acids is 1. The van der Waals surface area contributed by atoms with Crippen molar-refractivity contribution in [3.05, 3.63) is 12.2 Å². The molecule has 0 heterocycles. The third-order valence-corrected chi connectivity index (χ3v) is 3.14. The Bertz CT molecular complexity index is 266. The van der Waals surface area contributed by atoms with Crippen LogP contribution in [-0.2, 0) is 4.79 Å². The molecule has 0 spiro atoms. The van der Waals surface area contributed by atoms with Crippen LogP contribution >= 0.6 is 0 Å². The van der Waals surface area contributed by atoms with Crippen LogP contribution in [0.25, 0.3) is 0 Å². The van der Waals surface area contributed by atoms with Gasteiger partial charge in [-0.15, -0.1) is 0 Å². The average Bonchev–Trinajstić information content (AvgIpc) is 2.17. The van der Waals surface area contributed by atoms with Crippen LogP contribution in [0.2, 0.25) is 0 Å². The molecular weight excluding hydrogens is 200 g/mol. The molecule has 3 nitrogen and oxygen atoms in total. The van der Waals surface area contributed by atoms with Crippen LogP contribution in [-0.4, -0.2) is 18.5 Å². The second-order valence-corrected chi connectivity index (χ2v) is 5.76. The maximum Gasteiger partial charge on any atom is 0.235 e. The summed E-state index contributed by atoms with van der Waals surface area (Å²) in [6, 6.07) is -0.238. The van der Waals surface area contributed by atoms with Crippen LogP contribution in [0, 0.1) is 11.3 Å². The lowest BCUT2D eigenvalue weighted by molar-refractivity contribution is -0.122. The Kier molecular flexibility index (Phi) is 4.54. The zero-order valence-electron chi connectivity index (χ0n) is 10.6. The minimum atomic E-state index is -0.251. The first-order valence-corrected chi connectivity index (χ1v) is 6.09. The monoisotopic (exact) mass is 224 g/mol. The molecule has 0 radical (unpaired) electrons. The normalized spacial score (nSPS) is 23.1. The van der Waals surface area contributed by atoms with Gasteiger partial charge in [0, 0.05) is 0 Å². The number of hydrogen-bond acceptors (Lipinski definition) is 2. The molecule has 1 amide bonds. The van der Waals surface area contributed by atoms with Gasteiger partial charge in [-0.05, 0) is 37.1 Å². The van der Waals surface area contributed by atoms with E-state index in [1.54, 1.807) is 0 Å². The van der Waals surface area contributed by atoms with E-state index in [1.165, 1.54) is 6.42 Å². The van der Waals surface area contributed by atoms with Gasteiger partial charge in [-0.25, -0.2) is 0 Å². The van der Waals surface area contributed by atoms with Crippen LogP contribution in [0.4, 0.5) is 0 Å². The van der Waals surface area contributed by atoms with Crippen molar-refractivity contribution in [1.82, 2.24) is 5.32 Å². The third-order valence-electron chi connectivity index (χ3n) is 3.14. The van der Waals surface area contributed by atoms with Gasteiger partial charge < -0.3 is 11.1 Å². The van der Waals surface area contributed by atoms with Crippen LogP contribution in [0.1, 0.15) is 40.0 Å². The molecule has 0 unspecified atom stereocenters. The van der Waals surface area contributed by atoms with Gasteiger partial charge in [-0.3, -0.25) is 4.79 Å². The number of rotatable bonds is 4. The second-order valence-electron chi connectivity index (χ2n) is 5.76. The maximum absolute atomic E-state index is 11.4. The van der Waals surface area contributed by atoms with Gasteiger partial charge in [-0.1, -0.05) is 32.9 Å². The lowest BCUT2D eigenvalue weighted by atomic mass is 9.85. The molecule has 1 aliphatic carbocycles. The molecule has 1 aliphatic rings. The molecule has 0 aromatic rings. The summed E-state index contributed by atoms with van der Waals surface area (Å²) in [5.41, 5.74) is 5.31. The zero-order chi connectivity index (χ0) is 12.2. The number of hydrogen-bond donors (Lipinski definition) is 2. The highest BCUT2D eigenvalue weighted by Gasteiger charge is 2.29. The van der Waals surface area contributed by atoms with E-state index < -0.39 is 0 Å². The standard InChI is InChI=1S/C13H24N2O/c1-13(2,3)11(12(14)16)15-9-10-7-5-4-6-8-10/h4-5,10-11,15H,6-9H2,1-3H3,(H2,14,16)/t10-,11+/m0/s1. The van der Waals surface area contributed by atoms with Crippen LogP contribution in [0.5, 0.6) is 0 Å². The van der Waals surface area contributed by atoms with Gasteiger partial charge in [0.2, 0.25) is 5.91 Å². The molecule has 3 heteroatoms. The first kappa shape index (κ1) is 13.2. The van der Waals surface area contributed by atoms with Gasteiger partial charge in [0.05, 0.1) is 6.04 Å². The van der Waals surface area contributed by atoms with E-state index in [0.29, 0.717) is 5.92 Å². The summed E-state index contributed by atoms with van der Waals surface area (Å²) < 4.78 is 0. The lowest BCUT2D eigenvalue weighted by Crippen LogP contribution is -2.51. The minimum Gasteiger partial charge on any atom is -0.368 e. The summed E-state index contributed by atoms with van der Waals surface area (Å²) in [5.74, 6) is 0.396. The summed E-state index contributed by atoms with van der Waals surface area (Å²) in [6.07, 6.45) is 7.93. The Labute approximate surface area is 98.5 Å². The van der Waals surface area contributed by atoms with E-state index in [1.807, 2.05) is 20.8 Å². The van der Waals surface area contributed by atoms with Crippen molar-refractivity contribution >= 4 is 5.91 Å². The van der Waals surface area contributed by atoms with Gasteiger partial charge in [0.25, 0.3) is 0 Å². The van der Waals surface area contributed by atoms with E-state index in [4.69, 9.17) is 5.73 Å². The van der Waals surface area contributed by atoms with Gasteiger partial charge >= 0.3 is 0 Å². The fourth-order valence-electron chi connectivity index (χ4n) is 2.16. The second kappa shape index (κ2) is 5.48. The summed E-state index contributed by atoms with van der Waals surface area (Å²) in [6.45, 7) is 7.00. The summed E-state index contributed by atoms with van der Waals surface area (Å²) in [4.78, 5) is 11.4. The molecule has 0 aliphatic heterocycles. The van der Waals surface area contributed by atoms with Gasteiger partial charge in [0.15, 0.2) is 0 Å². The van der Waals surface area contributed by atoms with E-state index in [-0.39, 0.29) is 17.4 Å². The highest BCUT2D eigenvalue weighted by molar-refractivity contribution is 5.80. The van der Waals surface area contributed by atoms with E-state index in [2.05, 4.69) is 17.5 Å². The van der Waals surface area contributed by atoms with E-state index in [9.17, 15) is 4.79 Å². The SMILES string of the molecule is CC(C)(C)[C@H](NC[C@H]1CC=CCC1)C(N)=O. The summed E-state index contributed by atoms with van der Waals surface area (Å²) >= 11 is 0. The molecule has 0 aromatic carbocycles. The fraction of sp³-hybridized carbons (Fsp3) is 0.769. The zero-order valence-corrected chi connectivity index (χ0v) is 10.6. The predicted molar refractivity (Wildman–Crippen MR) is 66.9 cm³/mol. The molecule has 0 aromatic heterocycles. The first-order chi connectivity index (χ1) is 7.41.